The molecule has 0 N–H and O–H groups in total. The summed E-state index contributed by atoms with van der Waals surface area (Å²) in [5, 5.41) is 0.792. The first-order valence-corrected chi connectivity index (χ1v) is 18.2. The molecular weight excluding hydrogens is 643 g/mol. The highest BCUT2D eigenvalue weighted by Crippen LogP contribution is 2.34. The second-order valence-electron chi connectivity index (χ2n) is 12.2. The number of ether oxygens (including phenoxy) is 1. The van der Waals surface area contributed by atoms with Crippen LogP contribution in [-0.2, 0) is 10.9 Å². The summed E-state index contributed by atoms with van der Waals surface area (Å²) in [7, 11) is 1.27. The molecular formula is C46H37BO3S. The molecule has 1 aromatic heterocycles. The molecule has 0 radical (unpaired) electrons. The fourth-order valence-corrected chi connectivity index (χ4v) is 9.16. The van der Waals surface area contributed by atoms with Crippen molar-refractivity contribution < 1.29 is 9.15 Å². The van der Waals surface area contributed by atoms with Crippen LogP contribution >= 0.6 is 0 Å². The molecule has 0 unspecified atom stereocenters. The maximum absolute atomic E-state index is 11.8. The van der Waals surface area contributed by atoms with E-state index in [9.17, 15) is 4.79 Å². The summed E-state index contributed by atoms with van der Waals surface area (Å²) in [6.07, 6.45) is -1.22. The molecule has 51 heavy (non-hydrogen) atoms. The standard InChI is InChI=1S/C24H20B.C22H17O3S/c1-5-13-21(14-6-1)25(22-15-7-2-8-16-22,23-17-9-3-10-18-23)24-19-11-4-12-20-24;1-24-20-15-22(23)25-21-14-18(12-13-19(20)21)26(16-8-4-2-5-9-16)17-10-6-3-7-11-17/h1-20H;2-15H,1H3/q-1;+1. The van der Waals surface area contributed by atoms with Gasteiger partial charge in [-0.15, -0.1) is 0 Å². The zero-order chi connectivity index (χ0) is 34.9. The number of methoxy groups -OCH3 is 1. The number of benzene rings is 7. The minimum Gasteiger partial charge on any atom is -0.496 e. The maximum Gasteiger partial charge on any atom is 0.339 e. The molecule has 8 aromatic rings. The topological polar surface area (TPSA) is 39.4 Å². The monoisotopic (exact) mass is 680 g/mol. The van der Waals surface area contributed by atoms with Crippen molar-refractivity contribution in [3.63, 3.8) is 0 Å². The van der Waals surface area contributed by atoms with Gasteiger partial charge in [-0.2, -0.15) is 21.9 Å². The van der Waals surface area contributed by atoms with Gasteiger partial charge in [-0.05, 0) is 36.4 Å². The van der Waals surface area contributed by atoms with Gasteiger partial charge in [0.2, 0.25) is 0 Å². The second-order valence-corrected chi connectivity index (χ2v) is 14.3. The van der Waals surface area contributed by atoms with Crippen molar-refractivity contribution in [1.29, 1.82) is 0 Å². The van der Waals surface area contributed by atoms with E-state index in [4.69, 9.17) is 9.15 Å². The molecule has 0 spiro atoms. The van der Waals surface area contributed by atoms with Gasteiger partial charge in [-0.3, -0.25) is 0 Å². The van der Waals surface area contributed by atoms with E-state index in [1.165, 1.54) is 37.7 Å². The molecule has 0 amide bonds. The van der Waals surface area contributed by atoms with Crippen LogP contribution in [0, 0.1) is 0 Å². The molecule has 7 aromatic carbocycles. The molecule has 5 heteroatoms. The summed E-state index contributed by atoms with van der Waals surface area (Å²) in [5.41, 5.74) is 5.48. The average Bonchev–Trinajstić information content (AvgIpc) is 3.21. The van der Waals surface area contributed by atoms with Crippen LogP contribution in [0.25, 0.3) is 11.0 Å². The van der Waals surface area contributed by atoms with E-state index >= 15 is 0 Å². The Balaban J connectivity index is 0.000000159. The summed E-state index contributed by atoms with van der Waals surface area (Å²) >= 11 is 0. The van der Waals surface area contributed by atoms with E-state index in [2.05, 4.69) is 152 Å². The summed E-state index contributed by atoms with van der Waals surface area (Å²) in [5.74, 6) is 0.530. The van der Waals surface area contributed by atoms with Crippen LogP contribution in [0.15, 0.2) is 230 Å². The number of hydrogen-bond donors (Lipinski definition) is 0. The maximum atomic E-state index is 11.8. The van der Waals surface area contributed by atoms with E-state index < -0.39 is 11.8 Å². The second kappa shape index (κ2) is 15.7. The van der Waals surface area contributed by atoms with Crippen molar-refractivity contribution in [2.45, 2.75) is 14.7 Å². The number of hydrogen-bond acceptors (Lipinski definition) is 3. The quantitative estimate of drug-likeness (QED) is 0.0930. The molecule has 248 valence electrons. The third-order valence-electron chi connectivity index (χ3n) is 9.29. The fourth-order valence-electron chi connectivity index (χ4n) is 7.05. The normalized spacial score (nSPS) is 11.1. The molecule has 0 fully saturated rings. The Hall–Kier alpha value is -6.04. The number of fused-ring (bicyclic) bond motifs is 1. The van der Waals surface area contributed by atoms with Crippen LogP contribution in [0.5, 0.6) is 5.75 Å². The third kappa shape index (κ3) is 7.03. The van der Waals surface area contributed by atoms with E-state index in [0.717, 1.165) is 10.3 Å². The Morgan fingerprint density at radius 3 is 1.20 bits per heavy atom. The third-order valence-corrected chi connectivity index (χ3v) is 11.5. The van der Waals surface area contributed by atoms with Gasteiger partial charge >= 0.3 is 5.63 Å². The van der Waals surface area contributed by atoms with Gasteiger partial charge in [0.1, 0.15) is 17.5 Å². The van der Waals surface area contributed by atoms with Crippen LogP contribution in [0.3, 0.4) is 0 Å². The van der Waals surface area contributed by atoms with Crippen molar-refractivity contribution in [2.24, 2.45) is 0 Å². The van der Waals surface area contributed by atoms with E-state index in [0.29, 0.717) is 11.3 Å². The van der Waals surface area contributed by atoms with Crippen molar-refractivity contribution >= 4 is 49.9 Å². The molecule has 0 saturated heterocycles. The lowest BCUT2D eigenvalue weighted by atomic mass is 9.13. The van der Waals surface area contributed by atoms with Gasteiger partial charge in [0.15, 0.2) is 14.7 Å². The molecule has 8 rings (SSSR count). The highest BCUT2D eigenvalue weighted by molar-refractivity contribution is 7.97. The lowest BCUT2D eigenvalue weighted by Crippen LogP contribution is -2.74. The molecule has 0 aliphatic carbocycles. The largest absolute Gasteiger partial charge is 0.496 e. The molecule has 0 bridgehead atoms. The van der Waals surface area contributed by atoms with Crippen LogP contribution < -0.4 is 32.2 Å². The Labute approximate surface area is 302 Å². The Morgan fingerprint density at radius 2 is 0.824 bits per heavy atom. The predicted octanol–water partition coefficient (Wildman–Crippen LogP) is 7.96. The fraction of sp³-hybridized carbons (Fsp3) is 0.0217. The average molecular weight is 681 g/mol. The van der Waals surface area contributed by atoms with Gasteiger partial charge in [0.25, 0.3) is 0 Å². The SMILES string of the molecule is COc1cc(=O)oc2cc([S+](c3ccccc3)c3ccccc3)ccc12.c1ccc([B-](c2ccccc2)(c2ccccc2)c2ccccc2)cc1. The minimum atomic E-state index is -1.22. The lowest BCUT2D eigenvalue weighted by molar-refractivity contribution is 0.413. The zero-order valence-corrected chi connectivity index (χ0v) is 29.2. The Morgan fingerprint density at radius 1 is 0.451 bits per heavy atom. The highest BCUT2D eigenvalue weighted by Gasteiger charge is 2.31. The van der Waals surface area contributed by atoms with Crippen molar-refractivity contribution in [1.82, 2.24) is 0 Å². The molecule has 1 heterocycles. The van der Waals surface area contributed by atoms with E-state index in [1.807, 2.05) is 48.5 Å². The van der Waals surface area contributed by atoms with Gasteiger partial charge in [0.05, 0.1) is 29.5 Å². The van der Waals surface area contributed by atoms with Crippen LogP contribution in [0.2, 0.25) is 0 Å². The predicted molar refractivity (Wildman–Crippen MR) is 214 cm³/mol. The van der Waals surface area contributed by atoms with Crippen molar-refractivity contribution in [2.75, 3.05) is 7.11 Å². The Kier molecular flexibility index (Phi) is 10.3. The first-order chi connectivity index (χ1) is 25.2. The first kappa shape index (κ1) is 33.5. The van der Waals surface area contributed by atoms with Gasteiger partial charge in [0, 0.05) is 6.07 Å². The summed E-state index contributed by atoms with van der Waals surface area (Å²) in [6.45, 7) is 0. The lowest BCUT2D eigenvalue weighted by Gasteiger charge is -2.44. The van der Waals surface area contributed by atoms with Gasteiger partial charge in [-0.25, -0.2) is 4.79 Å². The van der Waals surface area contributed by atoms with Crippen molar-refractivity contribution in [3.8, 4) is 5.75 Å². The van der Waals surface area contributed by atoms with Gasteiger partial charge < -0.3 is 9.15 Å². The minimum absolute atomic E-state index is 0.289. The van der Waals surface area contributed by atoms with E-state index in [1.54, 1.807) is 7.11 Å². The molecule has 0 atom stereocenters. The van der Waals surface area contributed by atoms with Crippen molar-refractivity contribution in [3.05, 3.63) is 217 Å². The molecule has 0 aliphatic heterocycles. The first-order valence-electron chi connectivity index (χ1n) is 17.0. The Bertz CT molecular complexity index is 2150. The molecule has 0 aliphatic rings. The molecule has 3 nitrogen and oxygen atoms in total. The summed E-state index contributed by atoms with van der Waals surface area (Å²) in [6, 6.07) is 71.6. The van der Waals surface area contributed by atoms with Crippen LogP contribution in [0.1, 0.15) is 0 Å². The zero-order valence-electron chi connectivity index (χ0n) is 28.3. The molecule has 0 saturated carbocycles. The number of rotatable bonds is 8. The summed E-state index contributed by atoms with van der Waals surface area (Å²) in [4.78, 5) is 15.4. The summed E-state index contributed by atoms with van der Waals surface area (Å²) < 4.78 is 10.8. The van der Waals surface area contributed by atoms with Crippen LogP contribution in [-0.4, -0.2) is 13.3 Å². The van der Waals surface area contributed by atoms with Gasteiger partial charge in [-0.1, -0.05) is 158 Å². The smallest absolute Gasteiger partial charge is 0.339 e. The van der Waals surface area contributed by atoms with Crippen LogP contribution in [0.4, 0.5) is 0 Å². The highest BCUT2D eigenvalue weighted by atomic mass is 32.2. The van der Waals surface area contributed by atoms with E-state index in [-0.39, 0.29) is 10.9 Å².